The van der Waals surface area contributed by atoms with Crippen LogP contribution in [-0.2, 0) is 33.9 Å². The van der Waals surface area contributed by atoms with Crippen molar-refractivity contribution in [3.63, 3.8) is 0 Å². The first kappa shape index (κ1) is 27.9. The molecule has 0 aliphatic rings. The molecule has 4 heteroatoms. The Morgan fingerprint density at radius 1 is 0.667 bits per heavy atom. The minimum atomic E-state index is 0. The van der Waals surface area contributed by atoms with Gasteiger partial charge < -0.3 is 0 Å². The number of allylic oxidation sites excluding steroid dienone is 8. The van der Waals surface area contributed by atoms with Crippen LogP contribution in [0.15, 0.2) is 48.6 Å². The van der Waals surface area contributed by atoms with Crippen LogP contribution in [0.1, 0.15) is 39.5 Å². The molecule has 0 atom stereocenters. The van der Waals surface area contributed by atoms with Gasteiger partial charge in [0.15, 0.2) is 0 Å². The van der Waals surface area contributed by atoms with Gasteiger partial charge in [0, 0.05) is 19.5 Å². The maximum Gasteiger partial charge on any atom is 0.281 e. The van der Waals surface area contributed by atoms with E-state index in [1.165, 1.54) is 12.2 Å². The van der Waals surface area contributed by atoms with E-state index in [2.05, 4.69) is 20.6 Å². The van der Waals surface area contributed by atoms with E-state index in [1.807, 2.05) is 24.3 Å². The molecule has 0 unspecified atom stereocenters. The van der Waals surface area contributed by atoms with Crippen molar-refractivity contribution in [2.45, 2.75) is 39.5 Å². The Morgan fingerprint density at radius 2 is 1.00 bits per heavy atom. The van der Waals surface area contributed by atoms with E-state index in [1.54, 1.807) is 12.2 Å². The number of carbonyl (C=O) groups is 2. The number of aldehydes is 2. The van der Waals surface area contributed by atoms with Crippen LogP contribution >= 0.6 is 0 Å². The third-order valence-electron chi connectivity index (χ3n) is 1.78. The molecule has 3 nitrogen and oxygen atoms in total. The fourth-order valence-corrected chi connectivity index (χ4v) is 0.902. The quantitative estimate of drug-likeness (QED) is 0.280. The van der Waals surface area contributed by atoms with Crippen LogP contribution in [0.2, 0.25) is 0 Å². The minimum Gasteiger partial charge on any atom is -0.299 e. The zero-order valence-electron chi connectivity index (χ0n) is 12.7. The van der Waals surface area contributed by atoms with Crippen LogP contribution in [0, 0.1) is 0 Å². The van der Waals surface area contributed by atoms with Gasteiger partial charge in [-0.15, -0.1) is 0 Å². The van der Waals surface area contributed by atoms with Gasteiger partial charge in [-0.3, -0.25) is 14.4 Å². The molecule has 0 saturated carbocycles. The maximum atomic E-state index is 9.72. The number of rotatable bonds is 8. The van der Waals surface area contributed by atoms with Gasteiger partial charge in [-0.05, 0) is 25.0 Å². The molecule has 0 aromatic heterocycles. The van der Waals surface area contributed by atoms with Gasteiger partial charge in [-0.2, -0.15) is 0 Å². The zero-order chi connectivity index (χ0) is 15.9. The van der Waals surface area contributed by atoms with Gasteiger partial charge >= 0.3 is 0 Å². The van der Waals surface area contributed by atoms with Crippen molar-refractivity contribution in [3.8, 4) is 0 Å². The first-order chi connectivity index (χ1) is 9.83. The Balaban J connectivity index is -0.000000118. The van der Waals surface area contributed by atoms with E-state index in [-0.39, 0.29) is 19.5 Å². The average molecular weight is 377 g/mol. The molecule has 2 radical (unpaired) electrons. The molecule has 0 aliphatic heterocycles. The van der Waals surface area contributed by atoms with Crippen LogP contribution in [0.4, 0.5) is 0 Å². The summed E-state index contributed by atoms with van der Waals surface area (Å²) >= 11 is 0. The van der Waals surface area contributed by atoms with Gasteiger partial charge in [0.05, 0.1) is 0 Å². The van der Waals surface area contributed by atoms with Gasteiger partial charge in [-0.1, -0.05) is 63.1 Å². The number of hydrogen-bond acceptors (Lipinski definition) is 3. The number of unbranched alkanes of at least 4 members (excludes halogenated alkanes) is 2. The van der Waals surface area contributed by atoms with E-state index < -0.39 is 0 Å². The normalized spacial score (nSPS) is 9.81. The number of hydrogen-bond donors (Lipinski definition) is 0. The van der Waals surface area contributed by atoms with Crippen molar-refractivity contribution in [3.05, 3.63) is 48.6 Å². The summed E-state index contributed by atoms with van der Waals surface area (Å²) in [5, 5.41) is 0. The van der Waals surface area contributed by atoms with E-state index in [0.29, 0.717) is 0 Å². The van der Waals surface area contributed by atoms with Crippen LogP contribution < -0.4 is 0 Å². The van der Waals surface area contributed by atoms with Crippen molar-refractivity contribution in [1.82, 2.24) is 0 Å². The molecule has 0 aromatic rings. The van der Waals surface area contributed by atoms with Crippen LogP contribution in [-0.4, -0.2) is 19.4 Å². The summed E-state index contributed by atoms with van der Waals surface area (Å²) in [7, 11) is 0. The average Bonchev–Trinajstić information content (AvgIpc) is 2.50. The Bertz CT molecular complexity index is 275. The molecule has 0 rings (SSSR count). The Hall–Kier alpha value is -1.41. The molecule has 0 aliphatic carbocycles. The second-order valence-corrected chi connectivity index (χ2v) is 3.48. The molecule has 0 spiro atoms. The summed E-state index contributed by atoms with van der Waals surface area (Å²) in [6.07, 6.45) is 20.3. The molecule has 0 N–H and O–H groups in total. The van der Waals surface area contributed by atoms with E-state index in [9.17, 15) is 9.59 Å². The fourth-order valence-electron chi connectivity index (χ4n) is 0.902. The Kier molecular flexibility index (Phi) is 48.1. The predicted molar refractivity (Wildman–Crippen MR) is 84.2 cm³/mol. The molecule has 0 heterocycles. The van der Waals surface area contributed by atoms with Gasteiger partial charge in [-0.25, -0.2) is 0 Å². The number of carbonyl (C=O) groups excluding carboxylic acids is 3. The molecule has 0 saturated heterocycles. The molecule has 118 valence electrons. The predicted octanol–water partition coefficient (Wildman–Crippen LogP) is 3.80. The van der Waals surface area contributed by atoms with Gasteiger partial charge in [0.2, 0.25) is 0 Å². The zero-order valence-corrected chi connectivity index (χ0v) is 14.4. The molecule has 0 aromatic carbocycles. The smallest absolute Gasteiger partial charge is 0.281 e. The van der Waals surface area contributed by atoms with E-state index in [4.69, 9.17) is 4.79 Å². The minimum absolute atomic E-state index is 0. The summed E-state index contributed by atoms with van der Waals surface area (Å²) in [4.78, 5) is 26.9. The van der Waals surface area contributed by atoms with Crippen molar-refractivity contribution in [2.24, 2.45) is 0 Å². The first-order valence-electron chi connectivity index (χ1n) is 6.57. The van der Waals surface area contributed by atoms with Gasteiger partial charge in [0.25, 0.3) is 6.79 Å². The van der Waals surface area contributed by atoms with Crippen molar-refractivity contribution >= 4 is 19.4 Å². The topological polar surface area (TPSA) is 51.2 Å². The second kappa shape index (κ2) is 36.3. The van der Waals surface area contributed by atoms with Crippen molar-refractivity contribution in [2.75, 3.05) is 0 Å². The molecular formula is C17H24O3Ru. The molecule has 0 amide bonds. The maximum absolute atomic E-state index is 9.72. The monoisotopic (exact) mass is 378 g/mol. The van der Waals surface area contributed by atoms with E-state index >= 15 is 0 Å². The fraction of sp³-hybridized carbons (Fsp3) is 0.353. The molecule has 0 fully saturated rings. The van der Waals surface area contributed by atoms with Crippen molar-refractivity contribution in [1.29, 1.82) is 0 Å². The third kappa shape index (κ3) is 45.6. The second-order valence-electron chi connectivity index (χ2n) is 3.48. The molecule has 21 heavy (non-hydrogen) atoms. The van der Waals surface area contributed by atoms with Crippen LogP contribution in [0.3, 0.4) is 0 Å². The van der Waals surface area contributed by atoms with E-state index in [0.717, 1.165) is 38.3 Å². The molecular weight excluding hydrogens is 353 g/mol. The summed E-state index contributed by atoms with van der Waals surface area (Å²) < 4.78 is 0. The first-order valence-corrected chi connectivity index (χ1v) is 6.57. The summed E-state index contributed by atoms with van der Waals surface area (Å²) in [5.74, 6) is 0. The largest absolute Gasteiger partial charge is 0.299 e. The summed E-state index contributed by atoms with van der Waals surface area (Å²) in [5.41, 5.74) is 0. The van der Waals surface area contributed by atoms with Crippen LogP contribution in [0.5, 0.6) is 0 Å². The molecule has 0 bridgehead atoms. The van der Waals surface area contributed by atoms with Gasteiger partial charge in [0.1, 0.15) is 12.6 Å². The SMILES string of the molecule is CCCC=CC=CC=O.CCCC=CC=CC=O.[C]=O.[Ru]. The summed E-state index contributed by atoms with van der Waals surface area (Å²) in [6.45, 7) is 8.74. The van der Waals surface area contributed by atoms with Crippen molar-refractivity contribution < 1.29 is 33.9 Å². The summed E-state index contributed by atoms with van der Waals surface area (Å²) in [6, 6.07) is 0. The van der Waals surface area contributed by atoms with Crippen LogP contribution in [0.25, 0.3) is 0 Å². The Morgan fingerprint density at radius 3 is 1.24 bits per heavy atom. The standard InChI is InChI=1S/2C8H12O.CO.Ru/c2*1-2-3-4-5-6-7-8-9;1-2;/h2*4-8H,2-3H2,1H3;;. The third-order valence-corrected chi connectivity index (χ3v) is 1.78. The Labute approximate surface area is 141 Å².